The van der Waals surface area contributed by atoms with Gasteiger partial charge in [-0.1, -0.05) is 0 Å². The van der Waals surface area contributed by atoms with Crippen LogP contribution in [0.25, 0.3) is 12.2 Å². The van der Waals surface area contributed by atoms with Crippen LogP contribution in [-0.4, -0.2) is 0 Å². The monoisotopic (exact) mass is 474 g/mol. The zero-order valence-corrected chi connectivity index (χ0v) is 16.7. The second-order valence-corrected chi connectivity index (χ2v) is 23.6. The molecule has 3 aliphatic rings. The third kappa shape index (κ3) is 1.98. The van der Waals surface area contributed by atoms with Crippen LogP contribution in [0.5, 0.6) is 0 Å². The molecule has 0 saturated carbocycles. The van der Waals surface area contributed by atoms with Gasteiger partial charge in [0.25, 0.3) is 0 Å². The van der Waals surface area contributed by atoms with Gasteiger partial charge in [-0.2, -0.15) is 0 Å². The predicted molar refractivity (Wildman–Crippen MR) is 87.2 cm³/mol. The number of halogens is 1. The molecule has 112 valence electrons. The van der Waals surface area contributed by atoms with Gasteiger partial charge in [0.1, 0.15) is 0 Å². The Hall–Kier alpha value is -0.920. The molecule has 0 aromatic heterocycles. The molecule has 1 fully saturated rings. The molecule has 1 saturated heterocycles. The summed E-state index contributed by atoms with van der Waals surface area (Å²) in [5, 5.41) is 0. The smallest absolute Gasteiger partial charge is 1.00 e. The molecule has 0 radical (unpaired) electrons. The molecule has 0 N–H and O–H groups in total. The molecule has 2 aromatic carbocycles. The SMILES string of the molecule is C1=C[CH]([Hf]2([CH]3C=Cc4ccccc43)[CH2][CH2]2)c2ccccc21.[Cl-].[H-]. The molecule has 2 unspecified atom stereocenters. The van der Waals surface area contributed by atoms with Crippen LogP contribution in [0.15, 0.2) is 60.7 Å². The molecule has 2 aromatic rings. The van der Waals surface area contributed by atoms with Crippen LogP contribution in [0.3, 0.4) is 0 Å². The summed E-state index contributed by atoms with van der Waals surface area (Å²) in [7, 11) is 0. The first kappa shape index (κ1) is 14.7. The van der Waals surface area contributed by atoms with E-state index < -0.39 is 20.0 Å². The number of benzene rings is 2. The van der Waals surface area contributed by atoms with E-state index in [1.54, 1.807) is 19.5 Å². The number of hydrogen-bond acceptors (Lipinski definition) is 0. The Morgan fingerprint density at radius 2 is 1.18 bits per heavy atom. The van der Waals surface area contributed by atoms with E-state index in [1.807, 2.05) is 0 Å². The van der Waals surface area contributed by atoms with E-state index in [0.717, 1.165) is 7.35 Å². The van der Waals surface area contributed by atoms with E-state index in [0.29, 0.717) is 0 Å². The molecule has 5 rings (SSSR count). The Balaban J connectivity index is 0.000000781. The largest absolute Gasteiger partial charge is 1.00 e. The molecule has 2 heteroatoms. The topological polar surface area (TPSA) is 0 Å². The number of fused-ring (bicyclic) bond motifs is 2. The second-order valence-electron chi connectivity index (χ2n) is 6.66. The maximum atomic E-state index is 2.55. The zero-order chi connectivity index (χ0) is 13.9. The fourth-order valence-electron chi connectivity index (χ4n) is 4.46. The van der Waals surface area contributed by atoms with Crippen molar-refractivity contribution in [3.63, 3.8) is 0 Å². The van der Waals surface area contributed by atoms with Gasteiger partial charge in [-0.25, -0.2) is 0 Å². The summed E-state index contributed by atoms with van der Waals surface area (Å²) in [5.74, 6) is 0. The van der Waals surface area contributed by atoms with E-state index >= 15 is 0 Å². The van der Waals surface area contributed by atoms with Crippen LogP contribution in [0, 0.1) is 0 Å². The van der Waals surface area contributed by atoms with Crippen LogP contribution >= 0.6 is 0 Å². The Labute approximate surface area is 144 Å². The fraction of sp³-hybridized carbons (Fsp3) is 0.200. The number of rotatable bonds is 2. The van der Waals surface area contributed by atoms with Crippen molar-refractivity contribution in [1.29, 1.82) is 0 Å². The Morgan fingerprint density at radius 1 is 0.727 bits per heavy atom. The minimum atomic E-state index is -2.27. The zero-order valence-electron chi connectivity index (χ0n) is 13.4. The van der Waals surface area contributed by atoms with Gasteiger partial charge in [-0.3, -0.25) is 0 Å². The van der Waals surface area contributed by atoms with Gasteiger partial charge in [-0.15, -0.1) is 0 Å². The summed E-state index contributed by atoms with van der Waals surface area (Å²) in [6.45, 7) is 0. The van der Waals surface area contributed by atoms with Crippen molar-refractivity contribution in [2.24, 2.45) is 0 Å². The van der Waals surface area contributed by atoms with Crippen molar-refractivity contribution in [3.05, 3.63) is 82.9 Å². The van der Waals surface area contributed by atoms with Gasteiger partial charge in [0, 0.05) is 0 Å². The summed E-state index contributed by atoms with van der Waals surface area (Å²) in [4.78, 5) is 0. The third-order valence-electron chi connectivity index (χ3n) is 5.66. The average molecular weight is 473 g/mol. The Kier molecular flexibility index (Phi) is 3.54. The van der Waals surface area contributed by atoms with E-state index in [-0.39, 0.29) is 13.8 Å². The predicted octanol–water partition coefficient (Wildman–Crippen LogP) is 2.64. The summed E-state index contributed by atoms with van der Waals surface area (Å²) >= 11 is -2.27. The summed E-state index contributed by atoms with van der Waals surface area (Å²) in [6, 6.07) is 18.1. The number of allylic oxidation sites excluding steroid dienone is 2. The quantitative estimate of drug-likeness (QED) is 0.589. The van der Waals surface area contributed by atoms with Gasteiger partial charge in [0.05, 0.1) is 0 Å². The first-order valence-corrected chi connectivity index (χ1v) is 17.2. The van der Waals surface area contributed by atoms with Crippen molar-refractivity contribution in [2.45, 2.75) is 15.7 Å². The maximum absolute atomic E-state index is 2.55. The molecule has 2 aliphatic carbocycles. The van der Waals surface area contributed by atoms with Crippen LogP contribution in [0.4, 0.5) is 0 Å². The second kappa shape index (κ2) is 5.32. The van der Waals surface area contributed by atoms with Gasteiger partial charge in [0.2, 0.25) is 0 Å². The van der Waals surface area contributed by atoms with Crippen molar-refractivity contribution in [1.82, 2.24) is 0 Å². The fourth-order valence-corrected chi connectivity index (χ4v) is 29.6. The molecule has 0 amide bonds. The molecule has 0 nitrogen and oxygen atoms in total. The van der Waals surface area contributed by atoms with Gasteiger partial charge in [0.15, 0.2) is 0 Å². The van der Waals surface area contributed by atoms with Gasteiger partial charge >= 0.3 is 131 Å². The molecule has 22 heavy (non-hydrogen) atoms. The number of hydrogen-bond donors (Lipinski definition) is 0. The van der Waals surface area contributed by atoms with E-state index in [2.05, 4.69) is 72.8 Å². The Bertz CT molecular complexity index is 728. The molecule has 0 bridgehead atoms. The van der Waals surface area contributed by atoms with Gasteiger partial charge in [-0.05, 0) is 0 Å². The van der Waals surface area contributed by atoms with Gasteiger partial charge < -0.3 is 13.8 Å². The summed E-state index contributed by atoms with van der Waals surface area (Å²) in [6.07, 6.45) is 9.86. The van der Waals surface area contributed by atoms with Crippen LogP contribution in [0.2, 0.25) is 8.35 Å². The molecule has 2 atom stereocenters. The minimum Gasteiger partial charge on any atom is -1.00 e. The summed E-state index contributed by atoms with van der Waals surface area (Å²) in [5.41, 5.74) is 6.22. The average Bonchev–Trinajstić information content (AvgIpc) is 3.03. The van der Waals surface area contributed by atoms with Crippen LogP contribution in [0.1, 0.15) is 31.0 Å². The molecule has 1 heterocycles. The minimum absolute atomic E-state index is 0. The third-order valence-corrected chi connectivity index (χ3v) is 24.1. The van der Waals surface area contributed by atoms with Crippen molar-refractivity contribution in [3.8, 4) is 0 Å². The van der Waals surface area contributed by atoms with E-state index in [1.165, 1.54) is 11.1 Å². The standard InChI is InChI=1S/2C9H7.C2H4.ClH.Hf.H/c2*1-2-5-9-7-3-6-8(9)4-1;1-2;;;/h2*1-7H;1-2H2;1H;;/q;;;;;-1/p-1. The van der Waals surface area contributed by atoms with Crippen molar-refractivity contribution >= 4 is 12.2 Å². The molecular weight excluding hydrogens is 454 g/mol. The van der Waals surface area contributed by atoms with Crippen LogP contribution < -0.4 is 12.4 Å². The summed E-state index contributed by atoms with van der Waals surface area (Å²) < 4.78 is 4.77. The molecular formula is C20H19ClHf-2. The first-order valence-electron chi connectivity index (χ1n) is 7.93. The normalized spacial score (nSPS) is 25.5. The van der Waals surface area contributed by atoms with E-state index in [4.69, 9.17) is 0 Å². The maximum Gasteiger partial charge on any atom is -1.00 e. The molecule has 0 spiro atoms. The van der Waals surface area contributed by atoms with Crippen LogP contribution in [-0.2, 0) is 20.0 Å². The van der Waals surface area contributed by atoms with Crippen molar-refractivity contribution in [2.75, 3.05) is 0 Å². The van der Waals surface area contributed by atoms with E-state index in [9.17, 15) is 0 Å². The molecule has 1 aliphatic heterocycles. The van der Waals surface area contributed by atoms with Crippen molar-refractivity contribution < 1.29 is 33.8 Å². The first-order chi connectivity index (χ1) is 10.4. The Morgan fingerprint density at radius 3 is 1.64 bits per heavy atom.